The number of para-hydroxylation sites is 1. The molecule has 1 spiro atoms. The Bertz CT molecular complexity index is 1080. The van der Waals surface area contributed by atoms with Crippen LogP contribution in [-0.2, 0) is 5.41 Å². The third-order valence-corrected chi connectivity index (χ3v) is 8.04. The quantitative estimate of drug-likeness (QED) is 0.561. The Morgan fingerprint density at radius 2 is 1.85 bits per heavy atom. The van der Waals surface area contributed by atoms with Gasteiger partial charge in [-0.2, -0.15) is 0 Å². The molecule has 1 aliphatic carbocycles. The molecular weight excluding hydrogens is 418 g/mol. The number of benzene rings is 2. The molecule has 2 fully saturated rings. The van der Waals surface area contributed by atoms with E-state index >= 15 is 0 Å². The molecule has 7 heteroatoms. The van der Waals surface area contributed by atoms with Crippen LogP contribution < -0.4 is 4.90 Å². The predicted octanol–water partition coefficient (Wildman–Crippen LogP) is 4.20. The van der Waals surface area contributed by atoms with E-state index in [0.717, 1.165) is 50.9 Å². The molecule has 1 N–H and O–H groups in total. The van der Waals surface area contributed by atoms with Crippen molar-refractivity contribution in [3.05, 3.63) is 69.3 Å². The summed E-state index contributed by atoms with van der Waals surface area (Å²) in [6, 6.07) is 13.1. The highest BCUT2D eigenvalue weighted by atomic mass is 16.6. The van der Waals surface area contributed by atoms with Crippen LogP contribution in [0.15, 0.2) is 42.5 Å². The molecule has 0 aromatic heterocycles. The third kappa shape index (κ3) is 3.83. The van der Waals surface area contributed by atoms with Crippen molar-refractivity contribution in [1.29, 1.82) is 0 Å². The van der Waals surface area contributed by atoms with Crippen molar-refractivity contribution < 1.29 is 14.8 Å². The molecule has 5 rings (SSSR count). The molecule has 2 aliphatic heterocycles. The number of nitro groups is 1. The molecule has 0 bridgehead atoms. The van der Waals surface area contributed by atoms with Crippen LogP contribution in [0, 0.1) is 17.0 Å². The highest BCUT2D eigenvalue weighted by molar-refractivity contribution is 6.08. The molecule has 1 unspecified atom stereocenters. The fourth-order valence-electron chi connectivity index (χ4n) is 6.14. The highest BCUT2D eigenvalue weighted by Crippen LogP contribution is 2.48. The van der Waals surface area contributed by atoms with Gasteiger partial charge in [0.15, 0.2) is 0 Å². The second kappa shape index (κ2) is 8.54. The first kappa shape index (κ1) is 22.0. The molecule has 0 radical (unpaired) electrons. The normalized spacial score (nSPS) is 24.6. The number of carbonyl (C=O) groups excluding carboxylic acids is 1. The van der Waals surface area contributed by atoms with Crippen LogP contribution in [0.2, 0.25) is 0 Å². The van der Waals surface area contributed by atoms with E-state index in [9.17, 15) is 20.0 Å². The lowest BCUT2D eigenvalue weighted by Crippen LogP contribution is -2.53. The topological polar surface area (TPSA) is 86.9 Å². The molecule has 1 saturated heterocycles. The van der Waals surface area contributed by atoms with E-state index in [1.807, 2.05) is 23.1 Å². The Labute approximate surface area is 194 Å². The van der Waals surface area contributed by atoms with Crippen LogP contribution in [0.3, 0.4) is 0 Å². The number of amides is 1. The molecule has 2 aromatic carbocycles. The molecule has 7 nitrogen and oxygen atoms in total. The lowest BCUT2D eigenvalue weighted by Gasteiger charge is -2.45. The molecule has 2 heterocycles. The maximum absolute atomic E-state index is 13.5. The van der Waals surface area contributed by atoms with Crippen molar-refractivity contribution in [1.82, 2.24) is 4.90 Å². The SMILES string of the molecule is Cc1ccc(C(=O)N2CC3(CCN(C4CCCC[C@@H]4O)CC3)c3ccccc32)cc1[N+](=O)[O-]. The second-order valence-electron chi connectivity index (χ2n) is 9.90. The molecule has 2 aromatic rings. The predicted molar refractivity (Wildman–Crippen MR) is 127 cm³/mol. The van der Waals surface area contributed by atoms with Crippen LogP contribution in [0.1, 0.15) is 60.0 Å². The Morgan fingerprint density at radius 3 is 2.58 bits per heavy atom. The van der Waals surface area contributed by atoms with E-state index in [-0.39, 0.29) is 29.2 Å². The molecule has 2 atom stereocenters. The average Bonchev–Trinajstić information content (AvgIpc) is 3.14. The lowest BCUT2D eigenvalue weighted by atomic mass is 9.73. The Balaban J connectivity index is 1.40. The summed E-state index contributed by atoms with van der Waals surface area (Å²) in [5.41, 5.74) is 2.87. The van der Waals surface area contributed by atoms with Crippen molar-refractivity contribution in [2.75, 3.05) is 24.5 Å². The van der Waals surface area contributed by atoms with Gasteiger partial charge in [0.2, 0.25) is 0 Å². The van der Waals surface area contributed by atoms with Crippen LogP contribution in [0.4, 0.5) is 11.4 Å². The summed E-state index contributed by atoms with van der Waals surface area (Å²) < 4.78 is 0. The van der Waals surface area contributed by atoms with Gasteiger partial charge in [-0.3, -0.25) is 19.8 Å². The first-order valence-electron chi connectivity index (χ1n) is 12.0. The van der Waals surface area contributed by atoms with Crippen LogP contribution in [0.5, 0.6) is 0 Å². The summed E-state index contributed by atoms with van der Waals surface area (Å²) in [7, 11) is 0. The maximum atomic E-state index is 13.5. The smallest absolute Gasteiger partial charge is 0.273 e. The molecular formula is C26H31N3O4. The van der Waals surface area contributed by atoms with Gasteiger partial charge in [-0.1, -0.05) is 37.1 Å². The fourth-order valence-corrected chi connectivity index (χ4v) is 6.14. The Kier molecular flexibility index (Phi) is 5.70. The van der Waals surface area contributed by atoms with E-state index in [1.54, 1.807) is 19.1 Å². The van der Waals surface area contributed by atoms with Crippen molar-refractivity contribution in [2.24, 2.45) is 0 Å². The number of nitro benzene ring substituents is 1. The van der Waals surface area contributed by atoms with Crippen molar-refractivity contribution in [3.8, 4) is 0 Å². The number of nitrogens with zero attached hydrogens (tertiary/aromatic N) is 3. The average molecular weight is 450 g/mol. The number of hydrogen-bond donors (Lipinski definition) is 1. The number of hydrogen-bond acceptors (Lipinski definition) is 5. The lowest BCUT2D eigenvalue weighted by molar-refractivity contribution is -0.385. The number of aliphatic hydroxyl groups excluding tert-OH is 1. The van der Waals surface area contributed by atoms with Crippen molar-refractivity contribution in [2.45, 2.75) is 63.0 Å². The number of aryl methyl sites for hydroxylation is 1. The number of rotatable bonds is 3. The number of carbonyl (C=O) groups is 1. The summed E-state index contributed by atoms with van der Waals surface area (Å²) in [6.45, 7) is 4.10. The monoisotopic (exact) mass is 449 g/mol. The van der Waals surface area contributed by atoms with Gasteiger partial charge in [-0.05, 0) is 63.4 Å². The van der Waals surface area contributed by atoms with E-state index in [1.165, 1.54) is 18.1 Å². The Morgan fingerprint density at radius 1 is 1.12 bits per heavy atom. The van der Waals surface area contributed by atoms with Gasteiger partial charge in [-0.25, -0.2) is 0 Å². The minimum absolute atomic E-state index is 0.0256. The van der Waals surface area contributed by atoms with Gasteiger partial charge < -0.3 is 10.0 Å². The van der Waals surface area contributed by atoms with Gasteiger partial charge in [0.05, 0.1) is 11.0 Å². The van der Waals surface area contributed by atoms with Crippen LogP contribution in [-0.4, -0.2) is 52.6 Å². The minimum Gasteiger partial charge on any atom is -0.391 e. The molecule has 1 amide bonds. The largest absolute Gasteiger partial charge is 0.391 e. The van der Waals surface area contributed by atoms with E-state index in [0.29, 0.717) is 17.7 Å². The molecule has 1 saturated carbocycles. The van der Waals surface area contributed by atoms with Gasteiger partial charge in [0.25, 0.3) is 11.6 Å². The maximum Gasteiger partial charge on any atom is 0.273 e. The number of anilines is 1. The molecule has 174 valence electrons. The van der Waals surface area contributed by atoms with E-state index in [2.05, 4.69) is 11.0 Å². The first-order valence-corrected chi connectivity index (χ1v) is 12.0. The van der Waals surface area contributed by atoms with Gasteiger partial charge in [0.1, 0.15) is 0 Å². The summed E-state index contributed by atoms with van der Waals surface area (Å²) in [5.74, 6) is -0.187. The molecule has 33 heavy (non-hydrogen) atoms. The molecule has 3 aliphatic rings. The zero-order valence-corrected chi connectivity index (χ0v) is 19.1. The Hall–Kier alpha value is -2.77. The minimum atomic E-state index is -0.430. The number of piperidine rings is 1. The van der Waals surface area contributed by atoms with Gasteiger partial charge in [-0.15, -0.1) is 0 Å². The summed E-state index contributed by atoms with van der Waals surface area (Å²) in [4.78, 5) is 28.8. The summed E-state index contributed by atoms with van der Waals surface area (Å²) in [6.07, 6.45) is 5.87. The van der Waals surface area contributed by atoms with Crippen molar-refractivity contribution >= 4 is 17.3 Å². The van der Waals surface area contributed by atoms with E-state index in [4.69, 9.17) is 0 Å². The zero-order valence-electron chi connectivity index (χ0n) is 19.1. The number of likely N-dealkylation sites (tertiary alicyclic amines) is 1. The highest BCUT2D eigenvalue weighted by Gasteiger charge is 2.47. The summed E-state index contributed by atoms with van der Waals surface area (Å²) in [5, 5.41) is 21.9. The number of fused-ring (bicyclic) bond motifs is 2. The first-order chi connectivity index (χ1) is 15.9. The summed E-state index contributed by atoms with van der Waals surface area (Å²) >= 11 is 0. The fraction of sp³-hybridized carbons (Fsp3) is 0.500. The van der Waals surface area contributed by atoms with Gasteiger partial charge in [0, 0.05) is 40.9 Å². The van der Waals surface area contributed by atoms with Crippen molar-refractivity contribution in [3.63, 3.8) is 0 Å². The van der Waals surface area contributed by atoms with E-state index < -0.39 is 4.92 Å². The van der Waals surface area contributed by atoms with Gasteiger partial charge >= 0.3 is 0 Å². The third-order valence-electron chi connectivity index (χ3n) is 8.04. The zero-order chi connectivity index (χ0) is 23.2. The second-order valence-corrected chi connectivity index (χ2v) is 9.90. The van der Waals surface area contributed by atoms with Crippen LogP contribution in [0.25, 0.3) is 0 Å². The van der Waals surface area contributed by atoms with Crippen LogP contribution >= 0.6 is 0 Å². The standard InChI is InChI=1S/C26H31N3O4/c1-18-10-11-19(16-23(18)29(32)33)25(31)28-17-26(20-6-2-3-7-21(20)28)12-14-27(15-13-26)22-8-4-5-9-24(22)30/h2-3,6-7,10-11,16,22,24,30H,4-5,8-9,12-15,17H2,1H3/t22?,24-/m0/s1. The number of aliphatic hydroxyl groups is 1.